The molecule has 0 atom stereocenters. The predicted molar refractivity (Wildman–Crippen MR) is 401 cm³/mol. The van der Waals surface area contributed by atoms with Gasteiger partial charge in [-0.3, -0.25) is 9.59 Å². The fourth-order valence-electron chi connectivity index (χ4n) is 5.11. The van der Waals surface area contributed by atoms with Crippen LogP contribution in [0.5, 0.6) is 0 Å². The van der Waals surface area contributed by atoms with Gasteiger partial charge in [-0.05, 0) is 74.4 Å². The third kappa shape index (κ3) is 64.5. The van der Waals surface area contributed by atoms with Crippen LogP contribution in [0.15, 0.2) is 149 Å². The van der Waals surface area contributed by atoms with Gasteiger partial charge in [0, 0.05) is 88.2 Å². The average molecular weight is 3050 g/mol. The van der Waals surface area contributed by atoms with Gasteiger partial charge in [0.05, 0.1) is 0 Å². The summed E-state index contributed by atoms with van der Waals surface area (Å²) in [4.78, 5) is 18.0. The molecule has 0 aliphatic carbocycles. The third-order valence-electron chi connectivity index (χ3n) is 7.96. The Kier molecular flexibility index (Phi) is 103. The minimum Gasteiger partial charge on any atom is -0.753 e. The van der Waals surface area contributed by atoms with Gasteiger partial charge in [0.2, 0.25) is 0 Å². The standard InChI is InChI=1S/6C6H8N4.2C2H4O2.2CNS.6CH4.6BrH.2HI.6Pt/c6*1-3-9(5-7-1)10-4-2-8-6-10;2*1-2(3)4;2*2-1-3;;;;;;;;;;;;;;;;;;;;/h6*1-8H;2*1H3,(H,3,4);;;6*1H4;8*1H;;;;;;/q6*-2;;;2*-1;;;;;;;;;;;;;;;+2;5*+4/p-8. The molecule has 0 fully saturated rings. The van der Waals surface area contributed by atoms with Crippen molar-refractivity contribution in [2.75, 3.05) is 0 Å². The molecule has 0 saturated carbocycles. The predicted octanol–water partition coefficient (Wildman–Crippen LogP) is 11.5. The van der Waals surface area contributed by atoms with E-state index in [2.05, 4.69) is 207 Å². The summed E-state index contributed by atoms with van der Waals surface area (Å²) in [5, 5.41) is 90.1. The maximum atomic E-state index is 9.00. The summed E-state index contributed by atoms with van der Waals surface area (Å²) < 4.78 is 0. The molecule has 0 aromatic carbocycles. The van der Waals surface area contributed by atoms with Gasteiger partial charge in [-0.1, -0.05) is 69.0 Å². The number of hydrogen-bond donors (Lipinski definition) is 14. The molecular formula is C48H80Br6I2N26O4Pt6S2. The van der Waals surface area contributed by atoms with Crippen LogP contribution in [0, 0.1) is 80.0 Å². The molecule has 12 aliphatic rings. The van der Waals surface area contributed by atoms with Crippen LogP contribution < -0.4 is 63.8 Å². The van der Waals surface area contributed by atoms with E-state index < -0.39 is 11.9 Å². The summed E-state index contributed by atoms with van der Waals surface area (Å²) in [6, 6.07) is 0. The van der Waals surface area contributed by atoms with Crippen molar-refractivity contribution < 1.29 is 116 Å². The van der Waals surface area contributed by atoms with Crippen LogP contribution in [0.4, 0.5) is 0 Å². The molecule has 0 amide bonds. The molecule has 12 rings (SSSR count). The first-order valence-corrected chi connectivity index (χ1v) is 65.5. The van der Waals surface area contributed by atoms with Gasteiger partial charge in [-0.2, -0.15) is 10.3 Å². The number of hydrazine groups is 6. The van der Waals surface area contributed by atoms with E-state index in [-0.39, 0.29) is 130 Å². The SMILES string of the molecule is C.C.C.C.C.C.C1=CN(N2C=CN[CH-]2)[CH-]N1.C1=CN(N2C=CN[CH-]2)[CH-]N1.C1=CN(N2C=CN[CH-]2)[CH-]N1.C1=CN(N2C=CN[CH-]2)[CH-]N1.C1=CN(N2C=CN[CH-]2)[CH-]N1.C1=CN(N2C=CN[CH-]2)[CH-]N1.CC(=O)O.CC(=O)O.[Br][Pt+2][Br].[Br][Pt+2][Br].[Br][Pt+2][Br].[I][Pt+2][I].[N-]=C=S.[N-]=C=S.[Pt+2].[Pt+4]. The number of carboxylic acids is 2. The number of hydrogen-bond acceptors (Lipinski definition) is 28. The van der Waals surface area contributed by atoms with E-state index in [1.54, 1.807) is 0 Å². The molecule has 12 aliphatic heterocycles. The van der Waals surface area contributed by atoms with Crippen molar-refractivity contribution in [3.05, 3.63) is 240 Å². The van der Waals surface area contributed by atoms with Crippen LogP contribution in [0.3, 0.4) is 0 Å². The van der Waals surface area contributed by atoms with Crippen molar-refractivity contribution in [3.63, 3.8) is 0 Å². The van der Waals surface area contributed by atoms with E-state index >= 15 is 0 Å². The zero-order valence-corrected chi connectivity index (χ0v) is 73.6. The first kappa shape index (κ1) is 114. The first-order valence-electron chi connectivity index (χ1n) is 22.0. The van der Waals surface area contributed by atoms with Crippen LogP contribution in [0.25, 0.3) is 10.8 Å². The molecule has 14 N–H and O–H groups in total. The van der Waals surface area contributed by atoms with Gasteiger partial charge >= 0.3 is 215 Å². The largest absolute Gasteiger partial charge is 4.00 e. The number of halogens is 8. The van der Waals surface area contributed by atoms with Crippen molar-refractivity contribution in [2.45, 2.75) is 58.4 Å². The molecule has 0 unspecified atom stereocenters. The summed E-state index contributed by atoms with van der Waals surface area (Å²) >= 11 is 32.4. The first-order chi connectivity index (χ1) is 41.7. The Labute approximate surface area is 693 Å². The second-order valence-electron chi connectivity index (χ2n) is 13.3. The van der Waals surface area contributed by atoms with Crippen molar-refractivity contribution in [1.82, 2.24) is 124 Å². The minimum absolute atomic E-state index is 0. The van der Waals surface area contributed by atoms with Crippen LogP contribution >= 0.6 is 143 Å². The fourth-order valence-corrected chi connectivity index (χ4v) is 5.11. The van der Waals surface area contributed by atoms with Crippen molar-refractivity contribution in [1.29, 1.82) is 0 Å². The van der Waals surface area contributed by atoms with E-state index in [9.17, 15) is 0 Å². The number of thiocarbonyl (C=S) groups is 2. The topological polar surface area (TPSA) is 302 Å². The Morgan fingerprint density at radius 3 is 0.436 bits per heavy atom. The zero-order valence-electron chi connectivity index (χ0n) is 44.5. The molecule has 554 valence electrons. The summed E-state index contributed by atoms with van der Waals surface area (Å²) in [6.07, 6.45) is 45.4. The number of aliphatic carboxylic acids is 2. The molecule has 12 heterocycles. The average Bonchev–Trinajstić information content (AvgIpc) is 4.31. The molecule has 0 saturated heterocycles. The number of isothiocyanates is 2. The molecule has 46 heteroatoms. The normalized spacial score (nSPS) is 15.4. The van der Waals surface area contributed by atoms with E-state index in [0.29, 0.717) is 11.2 Å². The fraction of sp³-hybridized carbons (Fsp3) is 0.167. The maximum absolute atomic E-state index is 9.00. The number of carboxylic acid groups (broad SMARTS) is 2. The summed E-state index contributed by atoms with van der Waals surface area (Å²) in [7, 11) is 0. The summed E-state index contributed by atoms with van der Waals surface area (Å²) in [6.45, 7) is 24.4. The van der Waals surface area contributed by atoms with Crippen molar-refractivity contribution in [3.8, 4) is 0 Å². The van der Waals surface area contributed by atoms with E-state index in [0.717, 1.165) is 13.8 Å². The Morgan fingerprint density at radius 1 is 0.351 bits per heavy atom. The second kappa shape index (κ2) is 84.5. The minimum atomic E-state index is -0.833. The Hall–Kier alpha value is -0.910. The second-order valence-corrected chi connectivity index (χ2v) is 60.1. The number of carbonyl (C=O) groups is 2. The Bertz CT molecular complexity index is 1770. The van der Waals surface area contributed by atoms with Gasteiger partial charge in [-0.25, -0.2) is 0 Å². The van der Waals surface area contributed by atoms with Gasteiger partial charge in [0.1, 0.15) is 0 Å². The summed E-state index contributed by atoms with van der Waals surface area (Å²) in [5.41, 5.74) is 0. The Morgan fingerprint density at radius 2 is 0.404 bits per heavy atom. The van der Waals surface area contributed by atoms with E-state index in [4.69, 9.17) is 30.6 Å². The molecule has 30 nitrogen and oxygen atoms in total. The third-order valence-corrected chi connectivity index (χ3v) is 7.96. The molecule has 0 spiro atoms. The molecule has 0 bridgehead atoms. The number of nitrogens with one attached hydrogen (secondary N) is 12. The molecule has 94 heavy (non-hydrogen) atoms. The molecule has 0 radical (unpaired) electrons. The van der Waals surface area contributed by atoms with Gasteiger partial charge in [0.25, 0.3) is 11.9 Å². The molecule has 0 aromatic heterocycles. The quantitative estimate of drug-likeness (QED) is 0.0509. The van der Waals surface area contributed by atoms with Crippen LogP contribution in [-0.4, -0.2) is 92.6 Å². The Balaban J connectivity index is -0.000000103. The van der Waals surface area contributed by atoms with Crippen LogP contribution in [0.2, 0.25) is 0 Å². The smallest absolute Gasteiger partial charge is 0.753 e. The van der Waals surface area contributed by atoms with Crippen molar-refractivity contribution >= 4 is 165 Å². The van der Waals surface area contributed by atoms with Gasteiger partial charge in [-0.15, -0.1) is 80.0 Å². The zero-order chi connectivity index (χ0) is 64.3. The monoisotopic (exact) mass is 3050 g/mol. The van der Waals surface area contributed by atoms with E-state index in [1.807, 2.05) is 289 Å². The summed E-state index contributed by atoms with van der Waals surface area (Å²) in [5.74, 6) is -1.67. The van der Waals surface area contributed by atoms with Crippen LogP contribution in [0.1, 0.15) is 58.4 Å². The molecular weight excluding hydrogens is 2970 g/mol. The van der Waals surface area contributed by atoms with E-state index in [1.165, 1.54) is 10.3 Å². The van der Waals surface area contributed by atoms with Crippen LogP contribution in [-0.2, 0) is 106 Å². The number of rotatable bonds is 6. The van der Waals surface area contributed by atoms with Gasteiger partial charge in [0.15, 0.2) is 0 Å². The maximum Gasteiger partial charge on any atom is 4.00 e. The van der Waals surface area contributed by atoms with Crippen molar-refractivity contribution in [2.24, 2.45) is 0 Å². The number of nitrogens with zero attached hydrogens (tertiary/aromatic N) is 14. The van der Waals surface area contributed by atoms with Gasteiger partial charge < -0.3 is 145 Å². The molecule has 0 aromatic rings.